The predicted molar refractivity (Wildman–Crippen MR) is 169 cm³/mol. The van der Waals surface area contributed by atoms with E-state index in [2.05, 4.69) is 5.32 Å². The van der Waals surface area contributed by atoms with Gasteiger partial charge >= 0.3 is 0 Å². The lowest BCUT2D eigenvalue weighted by molar-refractivity contribution is -0.972. The van der Waals surface area contributed by atoms with E-state index in [-0.39, 0.29) is 29.6 Å². The average molecular weight is 624 g/mol. The van der Waals surface area contributed by atoms with Crippen molar-refractivity contribution >= 4 is 40.9 Å². The molecule has 3 fully saturated rings. The lowest BCUT2D eigenvalue weighted by atomic mass is 9.79. The van der Waals surface area contributed by atoms with E-state index < -0.39 is 5.54 Å². The van der Waals surface area contributed by atoms with E-state index >= 15 is 0 Å². The van der Waals surface area contributed by atoms with Gasteiger partial charge in [-0.1, -0.05) is 29.3 Å². The first kappa shape index (κ1) is 33.0. The molecule has 234 valence electrons. The van der Waals surface area contributed by atoms with Crippen molar-refractivity contribution in [2.45, 2.75) is 69.7 Å². The lowest BCUT2D eigenvalue weighted by Crippen LogP contribution is -2.74. The minimum absolute atomic E-state index is 0.0520. The minimum Gasteiger partial charge on any atom is -0.345 e. The number of amides is 3. The highest BCUT2D eigenvalue weighted by Gasteiger charge is 2.57. The topological polar surface area (TPSA) is 73.0 Å². The van der Waals surface area contributed by atoms with E-state index in [9.17, 15) is 14.4 Å². The van der Waals surface area contributed by atoms with Crippen molar-refractivity contribution in [3.8, 4) is 0 Å². The second-order valence-corrected chi connectivity index (χ2v) is 13.8. The molecule has 4 rings (SSSR count). The number of likely N-dealkylation sites (N-methyl/N-ethyl adjacent to an activating group) is 2. The molecule has 1 aromatic rings. The van der Waals surface area contributed by atoms with E-state index in [4.69, 9.17) is 23.2 Å². The molecule has 1 N–H and O–H groups in total. The number of nitrogens with zero attached hydrogens (tertiary/aromatic N) is 4. The Balaban J connectivity index is 1.59. The molecule has 0 spiro atoms. The van der Waals surface area contributed by atoms with Crippen LogP contribution in [-0.4, -0.2) is 116 Å². The maximum Gasteiger partial charge on any atom is 0.283 e. The zero-order valence-corrected chi connectivity index (χ0v) is 27.5. The minimum atomic E-state index is -0.427. The fraction of sp³-hybridized carbons (Fsp3) is 0.719. The molecule has 0 bridgehead atoms. The third kappa shape index (κ3) is 7.09. The van der Waals surface area contributed by atoms with Crippen LogP contribution in [0.3, 0.4) is 0 Å². The molecular weight excluding hydrogens is 573 g/mol. The van der Waals surface area contributed by atoms with Gasteiger partial charge in [-0.25, -0.2) is 0 Å². The molecule has 42 heavy (non-hydrogen) atoms. The van der Waals surface area contributed by atoms with Gasteiger partial charge in [0.1, 0.15) is 0 Å². The number of rotatable bonds is 9. The van der Waals surface area contributed by atoms with E-state index in [0.29, 0.717) is 42.5 Å². The molecule has 3 aliphatic rings. The molecule has 3 amide bonds. The molecule has 1 unspecified atom stereocenters. The summed E-state index contributed by atoms with van der Waals surface area (Å²) in [4.78, 5) is 44.9. The van der Waals surface area contributed by atoms with Crippen LogP contribution in [0.25, 0.3) is 0 Å². The van der Waals surface area contributed by atoms with Gasteiger partial charge in [0.05, 0.1) is 29.7 Å². The van der Waals surface area contributed by atoms with Gasteiger partial charge in [0.25, 0.3) is 5.91 Å². The van der Waals surface area contributed by atoms with Gasteiger partial charge < -0.3 is 24.5 Å². The van der Waals surface area contributed by atoms with Crippen LogP contribution in [0.4, 0.5) is 0 Å². The molecule has 0 radical (unpaired) electrons. The van der Waals surface area contributed by atoms with Crippen LogP contribution in [0.5, 0.6) is 0 Å². The van der Waals surface area contributed by atoms with E-state index in [1.54, 1.807) is 11.8 Å². The van der Waals surface area contributed by atoms with E-state index in [0.717, 1.165) is 74.9 Å². The summed E-state index contributed by atoms with van der Waals surface area (Å²) in [6.07, 6.45) is 7.40. The largest absolute Gasteiger partial charge is 0.345 e. The molecule has 1 atom stereocenters. The maximum atomic E-state index is 14.0. The van der Waals surface area contributed by atoms with Crippen LogP contribution in [0, 0.1) is 5.92 Å². The van der Waals surface area contributed by atoms with Crippen LogP contribution >= 0.6 is 23.2 Å². The Morgan fingerprint density at radius 3 is 2.24 bits per heavy atom. The van der Waals surface area contributed by atoms with Crippen LogP contribution in [0.15, 0.2) is 18.2 Å². The van der Waals surface area contributed by atoms with Crippen LogP contribution in [0.2, 0.25) is 10.0 Å². The van der Waals surface area contributed by atoms with Crippen LogP contribution in [-0.2, 0) is 14.4 Å². The number of likely N-dealkylation sites (tertiary alicyclic amines) is 2. The van der Waals surface area contributed by atoms with Crippen LogP contribution < -0.4 is 5.32 Å². The molecule has 10 heteroatoms. The van der Waals surface area contributed by atoms with Gasteiger partial charge in [-0.15, -0.1) is 0 Å². The molecule has 0 aliphatic carbocycles. The standard InChI is InChI=1S/C32H50Cl2N5O3/c1-24(40)38-17-10-25(11-18-38)30(41)37(4)23-27(26-8-9-28(33)29(34)22-26)12-21-39(19-6-5-7-20-39)32(31(42)36(2)3)13-15-35-16-14-32/h8-9,22,25,27,35H,5-7,10-21,23H2,1-4H3/q+1. The molecule has 0 saturated carbocycles. The van der Waals surface area contributed by atoms with E-state index in [1.165, 1.54) is 6.42 Å². The van der Waals surface area contributed by atoms with Crippen molar-refractivity contribution in [2.75, 3.05) is 73.5 Å². The Morgan fingerprint density at radius 1 is 1.02 bits per heavy atom. The number of hydrogen-bond donors (Lipinski definition) is 1. The summed E-state index contributed by atoms with van der Waals surface area (Å²) in [5.74, 6) is 0.444. The molecule has 3 aliphatic heterocycles. The highest BCUT2D eigenvalue weighted by atomic mass is 35.5. The van der Waals surface area contributed by atoms with Crippen molar-refractivity contribution in [3.05, 3.63) is 33.8 Å². The zero-order valence-electron chi connectivity index (χ0n) is 26.0. The average Bonchev–Trinajstić information content (AvgIpc) is 3.00. The zero-order chi connectivity index (χ0) is 30.5. The van der Waals surface area contributed by atoms with Crippen molar-refractivity contribution in [1.82, 2.24) is 20.0 Å². The summed E-state index contributed by atoms with van der Waals surface area (Å²) in [5.41, 5.74) is 0.646. The number of halogens is 2. The van der Waals surface area contributed by atoms with Gasteiger partial charge in [0.15, 0.2) is 5.54 Å². The highest BCUT2D eigenvalue weighted by Crippen LogP contribution is 2.40. The van der Waals surface area contributed by atoms with Gasteiger partial charge in [-0.05, 0) is 49.8 Å². The molecule has 0 aromatic heterocycles. The second-order valence-electron chi connectivity index (χ2n) is 13.0. The Morgan fingerprint density at radius 2 is 1.67 bits per heavy atom. The highest BCUT2D eigenvalue weighted by molar-refractivity contribution is 6.42. The van der Waals surface area contributed by atoms with E-state index in [1.807, 2.05) is 49.1 Å². The third-order valence-electron chi connectivity index (χ3n) is 10.3. The first-order chi connectivity index (χ1) is 20.0. The van der Waals surface area contributed by atoms with Crippen molar-refractivity contribution in [3.63, 3.8) is 0 Å². The van der Waals surface area contributed by atoms with Crippen molar-refractivity contribution in [1.29, 1.82) is 0 Å². The Kier molecular flexibility index (Phi) is 11.2. The van der Waals surface area contributed by atoms with Gasteiger partial charge in [0, 0.05) is 91.9 Å². The Bertz CT molecular complexity index is 1110. The third-order valence-corrected chi connectivity index (χ3v) is 11.0. The number of quaternary nitrogens is 1. The molecule has 8 nitrogen and oxygen atoms in total. The summed E-state index contributed by atoms with van der Waals surface area (Å²) in [7, 11) is 5.69. The van der Waals surface area contributed by atoms with Gasteiger partial charge in [-0.3, -0.25) is 14.4 Å². The molecule has 1 aromatic carbocycles. The quantitative estimate of drug-likeness (QED) is 0.415. The fourth-order valence-electron chi connectivity index (χ4n) is 7.84. The first-order valence-electron chi connectivity index (χ1n) is 15.7. The predicted octanol–water partition coefficient (Wildman–Crippen LogP) is 4.40. The summed E-state index contributed by atoms with van der Waals surface area (Å²) in [6, 6.07) is 5.83. The SMILES string of the molecule is CC(=O)N1CCC(C(=O)N(C)CC(CC[N+]2(C3(C(=O)N(C)C)CCNCC3)CCCCC2)c2ccc(Cl)c(Cl)c2)CC1. The molecular formula is C32H50Cl2N5O3+. The lowest BCUT2D eigenvalue weighted by Gasteiger charge is -2.56. The molecule has 3 heterocycles. The summed E-state index contributed by atoms with van der Waals surface area (Å²) >= 11 is 12.8. The van der Waals surface area contributed by atoms with Gasteiger partial charge in [0.2, 0.25) is 11.8 Å². The number of carbonyl (C=O) groups excluding carboxylic acids is 3. The summed E-state index contributed by atoms with van der Waals surface area (Å²) in [5, 5.41) is 4.53. The normalized spacial score (nSPS) is 21.4. The number of piperidine rings is 3. The second kappa shape index (κ2) is 14.3. The van der Waals surface area contributed by atoms with Crippen LogP contribution in [0.1, 0.15) is 69.8 Å². The monoisotopic (exact) mass is 622 g/mol. The molecule has 3 saturated heterocycles. The Labute approximate surface area is 262 Å². The Hall–Kier alpha value is -1.87. The number of carbonyl (C=O) groups is 3. The number of benzene rings is 1. The smallest absolute Gasteiger partial charge is 0.283 e. The van der Waals surface area contributed by atoms with Crippen molar-refractivity contribution < 1.29 is 18.9 Å². The number of nitrogens with one attached hydrogen (secondary N) is 1. The maximum absolute atomic E-state index is 14.0. The summed E-state index contributed by atoms with van der Waals surface area (Å²) < 4.78 is 0.824. The summed E-state index contributed by atoms with van der Waals surface area (Å²) in [6.45, 7) is 8.04. The first-order valence-corrected chi connectivity index (χ1v) is 16.5. The van der Waals surface area contributed by atoms with Gasteiger partial charge in [-0.2, -0.15) is 0 Å². The fourth-order valence-corrected chi connectivity index (χ4v) is 8.14. The van der Waals surface area contributed by atoms with Crippen molar-refractivity contribution in [2.24, 2.45) is 5.92 Å². The number of hydrogen-bond acceptors (Lipinski definition) is 4.